The number of rotatable bonds is 4. The van der Waals surface area contributed by atoms with E-state index in [9.17, 15) is 0 Å². The third-order valence-corrected chi connectivity index (χ3v) is 3.28. The van der Waals surface area contributed by atoms with E-state index < -0.39 is 0 Å². The average Bonchev–Trinajstić information content (AvgIpc) is 2.85. The van der Waals surface area contributed by atoms with Gasteiger partial charge < -0.3 is 14.8 Å². The normalized spacial score (nSPS) is 22.5. The molecule has 1 aromatic rings. The van der Waals surface area contributed by atoms with E-state index >= 15 is 0 Å². The number of pyridine rings is 1. The molecule has 0 saturated carbocycles. The monoisotopic (exact) mass is 261 g/mol. The zero-order valence-electron chi connectivity index (χ0n) is 11.5. The Balaban J connectivity index is 2.23. The fourth-order valence-corrected chi connectivity index (χ4v) is 2.07. The average molecular weight is 261 g/mol. The molecule has 0 bridgehead atoms. The van der Waals surface area contributed by atoms with Crippen LogP contribution in [-0.2, 0) is 9.47 Å². The topological polar surface area (TPSA) is 67.2 Å². The third kappa shape index (κ3) is 3.03. The number of methoxy groups -OCH3 is 1. The molecule has 1 N–H and O–H groups in total. The van der Waals surface area contributed by atoms with Crippen LogP contribution in [0.15, 0.2) is 12.1 Å². The third-order valence-electron chi connectivity index (χ3n) is 3.28. The summed E-state index contributed by atoms with van der Waals surface area (Å²) in [5.74, 6) is 0.942. The summed E-state index contributed by atoms with van der Waals surface area (Å²) in [6.07, 6.45) is -0.00366. The van der Waals surface area contributed by atoms with Crippen LogP contribution in [0.3, 0.4) is 0 Å². The molecule has 5 nitrogen and oxygen atoms in total. The first-order chi connectivity index (χ1) is 9.15. The predicted molar refractivity (Wildman–Crippen MR) is 72.1 cm³/mol. The van der Waals surface area contributed by atoms with Crippen molar-refractivity contribution in [3.8, 4) is 6.07 Å². The van der Waals surface area contributed by atoms with E-state index in [0.29, 0.717) is 30.5 Å². The van der Waals surface area contributed by atoms with Crippen LogP contribution in [0.1, 0.15) is 31.0 Å². The minimum Gasteiger partial charge on any atom is -0.377 e. The fourth-order valence-electron chi connectivity index (χ4n) is 2.07. The molecule has 0 amide bonds. The maximum atomic E-state index is 9.15. The van der Waals surface area contributed by atoms with Gasteiger partial charge in [-0.2, -0.15) is 5.26 Å². The van der Waals surface area contributed by atoms with Crippen molar-refractivity contribution in [1.29, 1.82) is 5.26 Å². The largest absolute Gasteiger partial charge is 0.377 e. The molecular weight excluding hydrogens is 242 g/mol. The summed E-state index contributed by atoms with van der Waals surface area (Å²) in [4.78, 5) is 4.53. The van der Waals surface area contributed by atoms with Crippen molar-refractivity contribution in [2.75, 3.05) is 25.6 Å². The molecule has 2 rings (SSSR count). The Bertz CT molecular complexity index is 482. The highest BCUT2D eigenvalue weighted by atomic mass is 16.5. The molecule has 1 aliphatic heterocycles. The van der Waals surface area contributed by atoms with Crippen LogP contribution in [0.2, 0.25) is 0 Å². The summed E-state index contributed by atoms with van der Waals surface area (Å²) in [5, 5.41) is 12.4. The lowest BCUT2D eigenvalue weighted by atomic mass is 10.1. The number of aromatic nitrogens is 1. The standard InChI is InChI=1S/C14H19N3O2/c1-9(2)11-5-4-10(6-15)14(16-11)17-12-7-19-8-13(12)18-3/h4-5,9,12-13H,7-8H2,1-3H3,(H,16,17)/t12-,13-/m0/s1. The highest BCUT2D eigenvalue weighted by Gasteiger charge is 2.29. The predicted octanol–water partition coefficient (Wildman–Crippen LogP) is 1.90. The smallest absolute Gasteiger partial charge is 0.144 e. The highest BCUT2D eigenvalue weighted by molar-refractivity contribution is 5.53. The molecule has 0 unspecified atom stereocenters. The molecule has 0 aromatic carbocycles. The SMILES string of the molecule is CO[C@H]1COC[C@@H]1Nc1nc(C(C)C)ccc1C#N. The van der Waals surface area contributed by atoms with Crippen LogP contribution in [0.4, 0.5) is 5.82 Å². The molecule has 102 valence electrons. The van der Waals surface area contributed by atoms with Crippen LogP contribution in [0, 0.1) is 11.3 Å². The molecule has 1 saturated heterocycles. The van der Waals surface area contributed by atoms with Gasteiger partial charge in [-0.15, -0.1) is 0 Å². The molecule has 0 aliphatic carbocycles. The van der Waals surface area contributed by atoms with Gasteiger partial charge in [0.15, 0.2) is 0 Å². The number of hydrogen-bond acceptors (Lipinski definition) is 5. The van der Waals surface area contributed by atoms with Gasteiger partial charge in [-0.05, 0) is 18.1 Å². The van der Waals surface area contributed by atoms with Gasteiger partial charge in [0.2, 0.25) is 0 Å². The summed E-state index contributed by atoms with van der Waals surface area (Å²) in [7, 11) is 1.66. The van der Waals surface area contributed by atoms with E-state index in [2.05, 4.69) is 30.2 Å². The van der Waals surface area contributed by atoms with Gasteiger partial charge in [0, 0.05) is 12.8 Å². The lowest BCUT2D eigenvalue weighted by Gasteiger charge is -2.19. The molecule has 5 heteroatoms. The minimum atomic E-state index is -0.00366. The Hall–Kier alpha value is -1.64. The Labute approximate surface area is 113 Å². The van der Waals surface area contributed by atoms with Crippen LogP contribution >= 0.6 is 0 Å². The van der Waals surface area contributed by atoms with Crippen molar-refractivity contribution in [3.05, 3.63) is 23.4 Å². The number of nitriles is 1. The van der Waals surface area contributed by atoms with Gasteiger partial charge in [-0.25, -0.2) is 4.98 Å². The Morgan fingerprint density at radius 2 is 2.26 bits per heavy atom. The second kappa shape index (κ2) is 6.00. The van der Waals surface area contributed by atoms with E-state index in [1.807, 2.05) is 12.1 Å². The van der Waals surface area contributed by atoms with Crippen molar-refractivity contribution in [1.82, 2.24) is 4.98 Å². The zero-order valence-corrected chi connectivity index (χ0v) is 11.5. The van der Waals surface area contributed by atoms with Gasteiger partial charge in [-0.1, -0.05) is 13.8 Å². The highest BCUT2D eigenvalue weighted by Crippen LogP contribution is 2.21. The lowest BCUT2D eigenvalue weighted by Crippen LogP contribution is -2.34. The van der Waals surface area contributed by atoms with Crippen molar-refractivity contribution in [2.45, 2.75) is 31.9 Å². The van der Waals surface area contributed by atoms with Crippen molar-refractivity contribution in [3.63, 3.8) is 0 Å². The maximum Gasteiger partial charge on any atom is 0.144 e. The van der Waals surface area contributed by atoms with Crippen LogP contribution in [0.5, 0.6) is 0 Å². The summed E-state index contributed by atoms with van der Waals surface area (Å²) >= 11 is 0. The summed E-state index contributed by atoms with van der Waals surface area (Å²) in [6.45, 7) is 5.29. The van der Waals surface area contributed by atoms with E-state index in [-0.39, 0.29) is 12.1 Å². The molecule has 19 heavy (non-hydrogen) atoms. The van der Waals surface area contributed by atoms with Gasteiger partial charge in [0.1, 0.15) is 18.0 Å². The summed E-state index contributed by atoms with van der Waals surface area (Å²) in [5.41, 5.74) is 1.51. The van der Waals surface area contributed by atoms with Crippen LogP contribution in [-0.4, -0.2) is 37.5 Å². The quantitative estimate of drug-likeness (QED) is 0.896. The number of nitrogens with zero attached hydrogens (tertiary/aromatic N) is 2. The number of hydrogen-bond donors (Lipinski definition) is 1. The summed E-state index contributed by atoms with van der Waals surface area (Å²) < 4.78 is 10.7. The maximum absolute atomic E-state index is 9.15. The zero-order chi connectivity index (χ0) is 13.8. The molecule has 1 fully saturated rings. The second-order valence-corrected chi connectivity index (χ2v) is 4.96. The van der Waals surface area contributed by atoms with E-state index in [1.54, 1.807) is 7.11 Å². The van der Waals surface area contributed by atoms with Gasteiger partial charge >= 0.3 is 0 Å². The number of anilines is 1. The number of nitrogens with one attached hydrogen (secondary N) is 1. The first kappa shape index (κ1) is 13.8. The lowest BCUT2D eigenvalue weighted by molar-refractivity contribution is 0.0795. The van der Waals surface area contributed by atoms with E-state index in [1.165, 1.54) is 0 Å². The first-order valence-corrected chi connectivity index (χ1v) is 6.43. The fraction of sp³-hybridized carbons (Fsp3) is 0.571. The Morgan fingerprint density at radius 3 is 2.89 bits per heavy atom. The molecular formula is C14H19N3O2. The van der Waals surface area contributed by atoms with E-state index in [4.69, 9.17) is 14.7 Å². The van der Waals surface area contributed by atoms with Crippen molar-refractivity contribution in [2.24, 2.45) is 0 Å². The van der Waals surface area contributed by atoms with Gasteiger partial charge in [0.25, 0.3) is 0 Å². The van der Waals surface area contributed by atoms with E-state index in [0.717, 1.165) is 5.69 Å². The molecule has 1 aliphatic rings. The van der Waals surface area contributed by atoms with Gasteiger partial charge in [0.05, 0.1) is 24.8 Å². The first-order valence-electron chi connectivity index (χ1n) is 6.43. The molecule has 2 heterocycles. The Morgan fingerprint density at radius 1 is 1.47 bits per heavy atom. The van der Waals surface area contributed by atoms with Crippen LogP contribution < -0.4 is 5.32 Å². The minimum absolute atomic E-state index is 0.00366. The second-order valence-electron chi connectivity index (χ2n) is 4.96. The van der Waals surface area contributed by atoms with Crippen LogP contribution in [0.25, 0.3) is 0 Å². The van der Waals surface area contributed by atoms with Crippen molar-refractivity contribution >= 4 is 5.82 Å². The molecule has 0 radical (unpaired) electrons. The summed E-state index contributed by atoms with van der Waals surface area (Å²) in [6, 6.07) is 5.90. The molecule has 1 aromatic heterocycles. The molecule has 0 spiro atoms. The number of ether oxygens (including phenoxy) is 2. The van der Waals surface area contributed by atoms with Crippen molar-refractivity contribution < 1.29 is 9.47 Å². The van der Waals surface area contributed by atoms with Gasteiger partial charge in [-0.3, -0.25) is 0 Å². The molecule has 2 atom stereocenters. The Kier molecular flexibility index (Phi) is 4.35.